The number of anilines is 1. The van der Waals surface area contributed by atoms with Gasteiger partial charge in [-0.2, -0.15) is 5.10 Å². The summed E-state index contributed by atoms with van der Waals surface area (Å²) in [6.45, 7) is 2.56. The van der Waals surface area contributed by atoms with Crippen molar-refractivity contribution in [1.29, 1.82) is 0 Å². The van der Waals surface area contributed by atoms with Gasteiger partial charge in [0.15, 0.2) is 0 Å². The van der Waals surface area contributed by atoms with Crippen molar-refractivity contribution in [2.45, 2.75) is 31.8 Å². The fourth-order valence-corrected chi connectivity index (χ4v) is 4.52. The standard InChI is InChI=1S/C17H25N5O3.ClH/c18-16-12-2-1-11(7-12)15(16)17(24)20-13-8-19-22(9-13)10-14(23)21-3-5-25-6-4-21;/h8-9,11-12,15-16H,1-7,10,18H2,(H,20,24);1H. The molecule has 2 aliphatic carbocycles. The molecule has 1 aliphatic heterocycles. The molecule has 144 valence electrons. The fourth-order valence-electron chi connectivity index (χ4n) is 4.52. The third-order valence-corrected chi connectivity index (χ3v) is 5.85. The maximum atomic E-state index is 12.6. The van der Waals surface area contributed by atoms with E-state index in [0.717, 1.165) is 19.3 Å². The van der Waals surface area contributed by atoms with E-state index >= 15 is 0 Å². The van der Waals surface area contributed by atoms with Gasteiger partial charge in [-0.05, 0) is 31.1 Å². The molecule has 1 saturated heterocycles. The lowest BCUT2D eigenvalue weighted by atomic mass is 9.84. The number of nitrogens with zero attached hydrogens (tertiary/aromatic N) is 3. The lowest BCUT2D eigenvalue weighted by Gasteiger charge is -2.27. The molecule has 2 heterocycles. The normalized spacial score (nSPS) is 30.1. The van der Waals surface area contributed by atoms with Gasteiger partial charge in [-0.25, -0.2) is 0 Å². The van der Waals surface area contributed by atoms with Crippen LogP contribution in [-0.2, 0) is 20.9 Å². The van der Waals surface area contributed by atoms with Crippen molar-refractivity contribution in [3.8, 4) is 0 Å². The van der Waals surface area contributed by atoms with Gasteiger partial charge in [0.1, 0.15) is 6.54 Å². The van der Waals surface area contributed by atoms with E-state index in [1.54, 1.807) is 22.0 Å². The van der Waals surface area contributed by atoms with E-state index in [4.69, 9.17) is 10.5 Å². The second-order valence-corrected chi connectivity index (χ2v) is 7.35. The molecule has 4 rings (SSSR count). The van der Waals surface area contributed by atoms with Gasteiger partial charge in [0.05, 0.1) is 31.0 Å². The Labute approximate surface area is 158 Å². The molecule has 1 aromatic heterocycles. The predicted molar refractivity (Wildman–Crippen MR) is 97.8 cm³/mol. The van der Waals surface area contributed by atoms with Crippen molar-refractivity contribution >= 4 is 29.9 Å². The molecule has 3 aliphatic rings. The van der Waals surface area contributed by atoms with Gasteiger partial charge in [-0.3, -0.25) is 14.3 Å². The van der Waals surface area contributed by atoms with E-state index in [9.17, 15) is 9.59 Å². The van der Waals surface area contributed by atoms with Gasteiger partial charge in [0, 0.05) is 25.3 Å². The van der Waals surface area contributed by atoms with Crippen molar-refractivity contribution in [3.05, 3.63) is 12.4 Å². The van der Waals surface area contributed by atoms with E-state index in [0.29, 0.717) is 43.8 Å². The number of nitrogens with two attached hydrogens (primary N) is 1. The van der Waals surface area contributed by atoms with Crippen LogP contribution in [0.25, 0.3) is 0 Å². The number of halogens is 1. The highest BCUT2D eigenvalue weighted by atomic mass is 35.5. The first-order valence-corrected chi connectivity index (χ1v) is 9.06. The molecule has 26 heavy (non-hydrogen) atoms. The smallest absolute Gasteiger partial charge is 0.244 e. The van der Waals surface area contributed by atoms with Crippen LogP contribution >= 0.6 is 12.4 Å². The molecule has 3 N–H and O–H groups in total. The SMILES string of the molecule is Cl.NC1C2CCC(C2)C1C(=O)Nc1cnn(CC(=O)N2CCOCC2)c1. The van der Waals surface area contributed by atoms with Crippen molar-refractivity contribution in [2.75, 3.05) is 31.6 Å². The topological polar surface area (TPSA) is 102 Å². The van der Waals surface area contributed by atoms with Gasteiger partial charge in [-0.15, -0.1) is 12.4 Å². The zero-order chi connectivity index (χ0) is 17.4. The summed E-state index contributed by atoms with van der Waals surface area (Å²) in [7, 11) is 0. The maximum absolute atomic E-state index is 12.6. The van der Waals surface area contributed by atoms with Gasteiger partial charge in [-0.1, -0.05) is 0 Å². The Hall–Kier alpha value is -1.64. The van der Waals surface area contributed by atoms with Crippen molar-refractivity contribution < 1.29 is 14.3 Å². The van der Waals surface area contributed by atoms with Crippen LogP contribution < -0.4 is 11.1 Å². The van der Waals surface area contributed by atoms with Crippen LogP contribution in [0.1, 0.15) is 19.3 Å². The predicted octanol–water partition coefficient (Wildman–Crippen LogP) is 0.476. The number of nitrogens with one attached hydrogen (secondary N) is 1. The average molecular weight is 384 g/mol. The van der Waals surface area contributed by atoms with Crippen LogP contribution in [0.15, 0.2) is 12.4 Å². The zero-order valence-corrected chi connectivity index (χ0v) is 15.5. The van der Waals surface area contributed by atoms with E-state index in [2.05, 4.69) is 10.4 Å². The zero-order valence-electron chi connectivity index (χ0n) is 14.7. The van der Waals surface area contributed by atoms with E-state index in [1.807, 2.05) is 0 Å². The highest BCUT2D eigenvalue weighted by molar-refractivity contribution is 5.93. The number of fused-ring (bicyclic) bond motifs is 2. The molecule has 0 radical (unpaired) electrons. The number of ether oxygens (including phenoxy) is 1. The number of amides is 2. The first-order valence-electron chi connectivity index (χ1n) is 9.06. The number of carbonyl (C=O) groups is 2. The Bertz CT molecular complexity index is 659. The minimum absolute atomic E-state index is 0. The second kappa shape index (κ2) is 7.94. The van der Waals surface area contributed by atoms with E-state index in [1.165, 1.54) is 0 Å². The highest BCUT2D eigenvalue weighted by Crippen LogP contribution is 2.47. The maximum Gasteiger partial charge on any atom is 0.244 e. The largest absolute Gasteiger partial charge is 0.378 e. The molecule has 3 fully saturated rings. The van der Waals surface area contributed by atoms with Crippen molar-refractivity contribution in [2.24, 2.45) is 23.5 Å². The van der Waals surface area contributed by atoms with Crippen molar-refractivity contribution in [3.63, 3.8) is 0 Å². The molecule has 2 bridgehead atoms. The Morgan fingerprint density at radius 2 is 2.00 bits per heavy atom. The Balaban J connectivity index is 0.00000196. The van der Waals surface area contributed by atoms with Crippen LogP contribution in [0.2, 0.25) is 0 Å². The van der Waals surface area contributed by atoms with E-state index < -0.39 is 0 Å². The van der Waals surface area contributed by atoms with E-state index in [-0.39, 0.29) is 42.7 Å². The summed E-state index contributed by atoms with van der Waals surface area (Å²) < 4.78 is 6.82. The molecule has 1 aromatic rings. The quantitative estimate of drug-likeness (QED) is 0.787. The third kappa shape index (κ3) is 3.72. The Morgan fingerprint density at radius 3 is 2.69 bits per heavy atom. The Kier molecular flexibility index (Phi) is 5.84. The summed E-state index contributed by atoms with van der Waals surface area (Å²) in [6, 6.07) is -0.0308. The molecule has 4 unspecified atom stereocenters. The molecule has 8 nitrogen and oxygen atoms in total. The van der Waals surface area contributed by atoms with Crippen LogP contribution in [-0.4, -0.2) is 58.8 Å². The van der Waals surface area contributed by atoms with Gasteiger partial charge < -0.3 is 20.7 Å². The number of hydrogen-bond donors (Lipinski definition) is 2. The number of carbonyl (C=O) groups excluding carboxylic acids is 2. The van der Waals surface area contributed by atoms with Gasteiger partial charge in [0.2, 0.25) is 11.8 Å². The summed E-state index contributed by atoms with van der Waals surface area (Å²) in [5.41, 5.74) is 6.85. The molecule has 0 aromatic carbocycles. The van der Waals surface area contributed by atoms with Crippen molar-refractivity contribution in [1.82, 2.24) is 14.7 Å². The highest BCUT2D eigenvalue weighted by Gasteiger charge is 2.49. The first kappa shape index (κ1) is 19.1. The van der Waals surface area contributed by atoms with Crippen LogP contribution in [0.4, 0.5) is 5.69 Å². The molecule has 2 amide bonds. The van der Waals surface area contributed by atoms with Crippen LogP contribution in [0, 0.1) is 17.8 Å². The molecule has 4 atom stereocenters. The summed E-state index contributed by atoms with van der Waals surface area (Å²) in [4.78, 5) is 26.6. The Morgan fingerprint density at radius 1 is 1.27 bits per heavy atom. The molecule has 0 spiro atoms. The molecular formula is C17H26ClN5O3. The second-order valence-electron chi connectivity index (χ2n) is 7.35. The number of aromatic nitrogens is 2. The number of rotatable bonds is 4. The molecular weight excluding hydrogens is 358 g/mol. The summed E-state index contributed by atoms with van der Waals surface area (Å²) in [6.07, 6.45) is 6.62. The fraction of sp³-hybridized carbons (Fsp3) is 0.706. The van der Waals surface area contributed by atoms with Gasteiger partial charge >= 0.3 is 0 Å². The molecule has 9 heteroatoms. The first-order chi connectivity index (χ1) is 12.1. The van der Waals surface area contributed by atoms with Crippen LogP contribution in [0.5, 0.6) is 0 Å². The summed E-state index contributed by atoms with van der Waals surface area (Å²) in [5.74, 6) is 0.808. The minimum Gasteiger partial charge on any atom is -0.378 e. The third-order valence-electron chi connectivity index (χ3n) is 5.85. The van der Waals surface area contributed by atoms with Gasteiger partial charge in [0.25, 0.3) is 0 Å². The lowest BCUT2D eigenvalue weighted by Crippen LogP contribution is -2.42. The summed E-state index contributed by atoms with van der Waals surface area (Å²) >= 11 is 0. The lowest BCUT2D eigenvalue weighted by molar-refractivity contribution is -0.136. The van der Waals surface area contributed by atoms with Crippen LogP contribution in [0.3, 0.4) is 0 Å². The monoisotopic (exact) mass is 383 g/mol. The molecule has 2 saturated carbocycles. The minimum atomic E-state index is -0.0999. The number of morpholine rings is 1. The number of hydrogen-bond acceptors (Lipinski definition) is 5. The summed E-state index contributed by atoms with van der Waals surface area (Å²) in [5, 5.41) is 7.11. The average Bonchev–Trinajstić information content (AvgIpc) is 3.32.